The lowest BCUT2D eigenvalue weighted by atomic mass is 10.0. The first-order valence-corrected chi connectivity index (χ1v) is 36.4. The van der Waals surface area contributed by atoms with E-state index >= 15 is 0 Å². The molecule has 0 aromatic carbocycles. The minimum absolute atomic E-state index is 0.0324. The zero-order valence-corrected chi connectivity index (χ0v) is 55.2. The third-order valence-corrected chi connectivity index (χ3v) is 16.6. The van der Waals surface area contributed by atoms with Crippen LogP contribution in [0.1, 0.15) is 341 Å². The third-order valence-electron chi connectivity index (χ3n) is 15.6. The highest BCUT2D eigenvalue weighted by Crippen LogP contribution is 2.43. The number of rotatable bonds is 65. The number of quaternary nitrogens is 1. The van der Waals surface area contributed by atoms with Gasteiger partial charge in [-0.3, -0.25) is 18.6 Å². The number of hydrogen-bond acceptors (Lipinski definition) is 7. The van der Waals surface area contributed by atoms with Gasteiger partial charge in [0.05, 0.1) is 27.7 Å². The van der Waals surface area contributed by atoms with E-state index in [1.807, 2.05) is 21.1 Å². The number of carbonyl (C=O) groups is 2. The van der Waals surface area contributed by atoms with Crippen molar-refractivity contribution in [3.05, 3.63) is 48.6 Å². The van der Waals surface area contributed by atoms with Crippen LogP contribution in [0.4, 0.5) is 0 Å². The van der Waals surface area contributed by atoms with Crippen LogP contribution < -0.4 is 0 Å². The molecule has 81 heavy (non-hydrogen) atoms. The van der Waals surface area contributed by atoms with E-state index in [-0.39, 0.29) is 32.0 Å². The van der Waals surface area contributed by atoms with Crippen molar-refractivity contribution in [2.45, 2.75) is 347 Å². The molecular formula is C71H135NO8P+. The molecule has 0 aromatic heterocycles. The number of esters is 2. The average Bonchev–Trinajstić information content (AvgIpc) is 3.43. The van der Waals surface area contributed by atoms with Crippen LogP contribution in [0.3, 0.4) is 0 Å². The molecule has 0 saturated carbocycles. The maximum absolute atomic E-state index is 12.8. The highest BCUT2D eigenvalue weighted by atomic mass is 31.2. The lowest BCUT2D eigenvalue weighted by Crippen LogP contribution is -2.37. The van der Waals surface area contributed by atoms with E-state index in [1.165, 1.54) is 244 Å². The molecule has 0 amide bonds. The first kappa shape index (κ1) is 79.0. The topological polar surface area (TPSA) is 108 Å². The van der Waals surface area contributed by atoms with Crippen molar-refractivity contribution in [2.24, 2.45) is 0 Å². The minimum Gasteiger partial charge on any atom is -0.462 e. The number of allylic oxidation sites excluding steroid dienone is 8. The molecule has 0 aromatic rings. The number of carbonyl (C=O) groups excluding carboxylic acids is 2. The molecular weight excluding hydrogens is 1030 g/mol. The van der Waals surface area contributed by atoms with E-state index in [4.69, 9.17) is 18.5 Å². The van der Waals surface area contributed by atoms with Gasteiger partial charge in [0.1, 0.15) is 19.8 Å². The van der Waals surface area contributed by atoms with Crippen molar-refractivity contribution >= 4 is 19.8 Å². The summed E-state index contributed by atoms with van der Waals surface area (Å²) in [6.07, 6.45) is 80.9. The summed E-state index contributed by atoms with van der Waals surface area (Å²) in [5, 5.41) is 0. The molecule has 0 saturated heterocycles. The summed E-state index contributed by atoms with van der Waals surface area (Å²) in [5.74, 6) is -0.791. The Labute approximate surface area is 503 Å². The van der Waals surface area contributed by atoms with Crippen molar-refractivity contribution in [2.75, 3.05) is 47.5 Å². The second-order valence-electron chi connectivity index (χ2n) is 24.9. The van der Waals surface area contributed by atoms with E-state index in [9.17, 15) is 19.0 Å². The monoisotopic (exact) mass is 1160 g/mol. The highest BCUT2D eigenvalue weighted by Gasteiger charge is 2.27. The second kappa shape index (κ2) is 62.5. The molecule has 2 unspecified atom stereocenters. The van der Waals surface area contributed by atoms with Crippen LogP contribution in [0.2, 0.25) is 0 Å². The van der Waals surface area contributed by atoms with Gasteiger partial charge in [-0.15, -0.1) is 0 Å². The average molecular weight is 1160 g/mol. The van der Waals surface area contributed by atoms with Gasteiger partial charge in [-0.05, 0) is 77.0 Å². The number of unbranched alkanes of at least 4 members (excludes halogenated alkanes) is 43. The van der Waals surface area contributed by atoms with Crippen LogP contribution in [0, 0.1) is 0 Å². The summed E-state index contributed by atoms with van der Waals surface area (Å²) in [7, 11) is 1.49. The molecule has 10 heteroatoms. The smallest absolute Gasteiger partial charge is 0.462 e. The molecule has 476 valence electrons. The van der Waals surface area contributed by atoms with Gasteiger partial charge in [0.15, 0.2) is 6.10 Å². The quantitative estimate of drug-likeness (QED) is 0.0211. The molecule has 0 rings (SSSR count). The largest absolute Gasteiger partial charge is 0.472 e. The van der Waals surface area contributed by atoms with Crippen molar-refractivity contribution in [1.29, 1.82) is 0 Å². The lowest BCUT2D eigenvalue weighted by Gasteiger charge is -2.24. The summed E-state index contributed by atoms with van der Waals surface area (Å²) in [6.45, 7) is 4.45. The Hall–Kier alpha value is -2.03. The number of hydrogen-bond donors (Lipinski definition) is 1. The SMILES string of the molecule is CCCCCCC/C=C\C/C=C\C/C=C\CCCCCCCCCCCCCCCCCCCCCCCCCCCCC(=O)OC(COC(=O)CCCCCCC/C=C\CCCCCCCCC)COP(=O)(O)OCC[N+](C)(C)C. The van der Waals surface area contributed by atoms with Crippen molar-refractivity contribution in [3.8, 4) is 0 Å². The van der Waals surface area contributed by atoms with Gasteiger partial charge < -0.3 is 18.9 Å². The number of nitrogens with zero attached hydrogens (tertiary/aromatic N) is 1. The Balaban J connectivity index is 3.87. The Morgan fingerprint density at radius 2 is 0.667 bits per heavy atom. The number of phosphoric ester groups is 1. The van der Waals surface area contributed by atoms with Crippen molar-refractivity contribution in [3.63, 3.8) is 0 Å². The molecule has 0 aliphatic carbocycles. The fourth-order valence-corrected chi connectivity index (χ4v) is 10.9. The Morgan fingerprint density at radius 1 is 0.383 bits per heavy atom. The van der Waals surface area contributed by atoms with Gasteiger partial charge in [0, 0.05) is 12.8 Å². The molecule has 2 atom stereocenters. The van der Waals surface area contributed by atoms with E-state index < -0.39 is 26.5 Å². The van der Waals surface area contributed by atoms with Crippen LogP contribution >= 0.6 is 7.82 Å². The Kier molecular flexibility index (Phi) is 60.9. The lowest BCUT2D eigenvalue weighted by molar-refractivity contribution is -0.870. The molecule has 0 radical (unpaired) electrons. The van der Waals surface area contributed by atoms with Gasteiger partial charge in [0.2, 0.25) is 0 Å². The summed E-state index contributed by atoms with van der Waals surface area (Å²) >= 11 is 0. The van der Waals surface area contributed by atoms with Gasteiger partial charge in [-0.25, -0.2) is 4.57 Å². The second-order valence-corrected chi connectivity index (χ2v) is 26.4. The fraction of sp³-hybridized carbons (Fsp3) is 0.859. The van der Waals surface area contributed by atoms with Crippen molar-refractivity contribution in [1.82, 2.24) is 0 Å². The maximum Gasteiger partial charge on any atom is 0.472 e. The zero-order chi connectivity index (χ0) is 59.1. The molecule has 0 aliphatic heterocycles. The minimum atomic E-state index is -4.39. The molecule has 9 nitrogen and oxygen atoms in total. The summed E-state index contributed by atoms with van der Waals surface area (Å²) in [4.78, 5) is 35.7. The molecule has 1 N–H and O–H groups in total. The van der Waals surface area contributed by atoms with Crippen LogP contribution in [-0.2, 0) is 32.7 Å². The van der Waals surface area contributed by atoms with Crippen LogP contribution in [-0.4, -0.2) is 74.9 Å². The third kappa shape index (κ3) is 67.0. The van der Waals surface area contributed by atoms with Gasteiger partial charge in [-0.1, -0.05) is 300 Å². The molecule has 0 heterocycles. The predicted molar refractivity (Wildman–Crippen MR) is 349 cm³/mol. The number of ether oxygens (including phenoxy) is 2. The number of likely N-dealkylation sites (N-methyl/N-ethyl adjacent to an activating group) is 1. The van der Waals surface area contributed by atoms with Gasteiger partial charge >= 0.3 is 19.8 Å². The van der Waals surface area contributed by atoms with Crippen LogP contribution in [0.5, 0.6) is 0 Å². The zero-order valence-electron chi connectivity index (χ0n) is 54.3. The van der Waals surface area contributed by atoms with Gasteiger partial charge in [-0.2, -0.15) is 0 Å². The maximum atomic E-state index is 12.8. The van der Waals surface area contributed by atoms with Crippen LogP contribution in [0.25, 0.3) is 0 Å². The van der Waals surface area contributed by atoms with Crippen molar-refractivity contribution < 1.29 is 42.1 Å². The first-order valence-electron chi connectivity index (χ1n) is 34.9. The Bertz CT molecular complexity index is 1510. The van der Waals surface area contributed by atoms with Gasteiger partial charge in [0.25, 0.3) is 0 Å². The first-order chi connectivity index (χ1) is 39.5. The van der Waals surface area contributed by atoms with E-state index in [1.54, 1.807) is 0 Å². The fourth-order valence-electron chi connectivity index (χ4n) is 10.2. The molecule has 0 spiro atoms. The predicted octanol–water partition coefficient (Wildman–Crippen LogP) is 22.4. The summed E-state index contributed by atoms with van der Waals surface area (Å²) < 4.78 is 34.6. The summed E-state index contributed by atoms with van der Waals surface area (Å²) in [5.41, 5.74) is 0. The molecule has 0 bridgehead atoms. The van der Waals surface area contributed by atoms with E-state index in [2.05, 4.69) is 62.5 Å². The van der Waals surface area contributed by atoms with Crippen LogP contribution in [0.15, 0.2) is 48.6 Å². The molecule has 0 aliphatic rings. The molecule has 0 fully saturated rings. The van der Waals surface area contributed by atoms with E-state index in [0.29, 0.717) is 17.4 Å². The standard InChI is InChI=1S/C71H134NO8P/c1-6-8-10-12-14-16-18-20-22-24-25-26-27-28-29-30-31-32-33-34-35-36-37-38-39-40-41-42-43-44-45-46-47-48-50-52-54-56-58-60-62-64-71(74)80-69(68-79-81(75,76)78-66-65-72(3,4)5)67-77-70(73)63-61-59-57-55-53-51-49-23-21-19-17-15-13-11-9-7-2/h18,20,23-25,27-28,49,69H,6-17,19,21-22,26,29-48,50-68H2,1-5H3/p+1/b20-18-,25-24-,28-27-,49-23-. The number of phosphoric acid groups is 1. The Morgan fingerprint density at radius 3 is 1.00 bits per heavy atom. The highest BCUT2D eigenvalue weighted by molar-refractivity contribution is 7.47. The summed E-state index contributed by atoms with van der Waals surface area (Å²) in [6, 6.07) is 0. The van der Waals surface area contributed by atoms with E-state index in [0.717, 1.165) is 64.2 Å². The normalized spacial score (nSPS) is 13.4.